The summed E-state index contributed by atoms with van der Waals surface area (Å²) in [5.74, 6) is -0.305. The summed E-state index contributed by atoms with van der Waals surface area (Å²) >= 11 is 0. The molecule has 0 aliphatic carbocycles. The van der Waals surface area contributed by atoms with Crippen molar-refractivity contribution < 1.29 is 9.53 Å². The molecule has 0 bridgehead atoms. The lowest BCUT2D eigenvalue weighted by Crippen LogP contribution is -2.02. The SMILES string of the molecule is COC(=O)c1cc(-c2cccc(C)c2)cc2ccccc12. The van der Waals surface area contributed by atoms with E-state index in [1.807, 2.05) is 36.4 Å². The second-order valence-corrected chi connectivity index (χ2v) is 5.11. The molecule has 0 radical (unpaired) electrons. The van der Waals surface area contributed by atoms with E-state index in [4.69, 9.17) is 4.74 Å². The number of hydrogen-bond donors (Lipinski definition) is 0. The molecule has 0 heterocycles. The predicted molar refractivity (Wildman–Crippen MR) is 85.5 cm³/mol. The molecule has 0 spiro atoms. The standard InChI is InChI=1S/C19H16O2/c1-13-6-5-8-14(10-13)16-11-15-7-3-4-9-17(15)18(12-16)19(20)21-2/h3-12H,1-2H3. The second kappa shape index (κ2) is 5.41. The summed E-state index contributed by atoms with van der Waals surface area (Å²) in [6, 6.07) is 20.1. The second-order valence-electron chi connectivity index (χ2n) is 5.11. The summed E-state index contributed by atoms with van der Waals surface area (Å²) in [6.07, 6.45) is 0. The Morgan fingerprint density at radius 2 is 1.71 bits per heavy atom. The first kappa shape index (κ1) is 13.4. The third-order valence-electron chi connectivity index (χ3n) is 3.62. The highest BCUT2D eigenvalue weighted by Crippen LogP contribution is 2.28. The fourth-order valence-electron chi connectivity index (χ4n) is 2.58. The van der Waals surface area contributed by atoms with Gasteiger partial charge in [-0.25, -0.2) is 4.79 Å². The molecule has 0 N–H and O–H groups in total. The van der Waals surface area contributed by atoms with Crippen LogP contribution in [-0.2, 0) is 4.74 Å². The number of hydrogen-bond acceptors (Lipinski definition) is 2. The Kier molecular flexibility index (Phi) is 3.44. The van der Waals surface area contributed by atoms with Gasteiger partial charge in [0, 0.05) is 0 Å². The molecular formula is C19H16O2. The van der Waals surface area contributed by atoms with Crippen molar-refractivity contribution in [3.05, 3.63) is 71.8 Å². The van der Waals surface area contributed by atoms with Crippen LogP contribution in [0.2, 0.25) is 0 Å². The Hall–Kier alpha value is -2.61. The van der Waals surface area contributed by atoms with Crippen LogP contribution < -0.4 is 0 Å². The minimum Gasteiger partial charge on any atom is -0.465 e. The zero-order valence-corrected chi connectivity index (χ0v) is 12.1. The van der Waals surface area contributed by atoms with Crippen LogP contribution in [0.4, 0.5) is 0 Å². The molecule has 0 saturated carbocycles. The molecule has 0 atom stereocenters. The molecule has 0 aliphatic heterocycles. The zero-order valence-electron chi connectivity index (χ0n) is 12.1. The molecule has 21 heavy (non-hydrogen) atoms. The summed E-state index contributed by atoms with van der Waals surface area (Å²) in [5, 5.41) is 1.96. The fourth-order valence-corrected chi connectivity index (χ4v) is 2.58. The topological polar surface area (TPSA) is 26.3 Å². The fraction of sp³-hybridized carbons (Fsp3) is 0.105. The number of benzene rings is 3. The molecule has 0 aromatic heterocycles. The van der Waals surface area contributed by atoms with Gasteiger partial charge in [0.2, 0.25) is 0 Å². The van der Waals surface area contributed by atoms with Crippen LogP contribution in [0.1, 0.15) is 15.9 Å². The molecule has 0 amide bonds. The van der Waals surface area contributed by atoms with Gasteiger partial charge in [0.15, 0.2) is 0 Å². The predicted octanol–water partition coefficient (Wildman–Crippen LogP) is 4.60. The summed E-state index contributed by atoms with van der Waals surface area (Å²) in [6.45, 7) is 2.06. The van der Waals surface area contributed by atoms with Gasteiger partial charge in [-0.2, -0.15) is 0 Å². The molecule has 3 aromatic rings. The van der Waals surface area contributed by atoms with Crippen molar-refractivity contribution >= 4 is 16.7 Å². The minimum absolute atomic E-state index is 0.305. The van der Waals surface area contributed by atoms with Gasteiger partial charge in [0.1, 0.15) is 0 Å². The average molecular weight is 276 g/mol. The summed E-state index contributed by atoms with van der Waals surface area (Å²) < 4.78 is 4.92. The van der Waals surface area contributed by atoms with Crippen LogP contribution in [0.5, 0.6) is 0 Å². The molecular weight excluding hydrogens is 260 g/mol. The Balaban J connectivity index is 2.27. The Labute approximate surface area is 124 Å². The van der Waals surface area contributed by atoms with E-state index < -0.39 is 0 Å². The van der Waals surface area contributed by atoms with Gasteiger partial charge in [-0.15, -0.1) is 0 Å². The van der Waals surface area contributed by atoms with Crippen LogP contribution in [0.3, 0.4) is 0 Å². The molecule has 0 aliphatic rings. The van der Waals surface area contributed by atoms with Crippen molar-refractivity contribution in [2.75, 3.05) is 7.11 Å². The molecule has 3 rings (SSSR count). The first-order valence-electron chi connectivity index (χ1n) is 6.87. The maximum Gasteiger partial charge on any atom is 0.338 e. The Morgan fingerprint density at radius 3 is 2.48 bits per heavy atom. The largest absolute Gasteiger partial charge is 0.465 e. The highest BCUT2D eigenvalue weighted by molar-refractivity contribution is 6.06. The molecule has 2 heteroatoms. The molecule has 0 fully saturated rings. The van der Waals surface area contributed by atoms with Crippen LogP contribution in [0, 0.1) is 6.92 Å². The normalized spacial score (nSPS) is 10.6. The van der Waals surface area contributed by atoms with Gasteiger partial charge in [-0.05, 0) is 41.0 Å². The number of fused-ring (bicyclic) bond motifs is 1. The number of carbonyl (C=O) groups excluding carboxylic acids is 1. The summed E-state index contributed by atoms with van der Waals surface area (Å²) in [7, 11) is 1.41. The van der Waals surface area contributed by atoms with Crippen molar-refractivity contribution in [3.63, 3.8) is 0 Å². The van der Waals surface area contributed by atoms with E-state index in [0.717, 1.165) is 21.9 Å². The van der Waals surface area contributed by atoms with Gasteiger partial charge in [0.25, 0.3) is 0 Å². The van der Waals surface area contributed by atoms with E-state index in [1.165, 1.54) is 12.7 Å². The van der Waals surface area contributed by atoms with Crippen LogP contribution in [0.15, 0.2) is 60.7 Å². The smallest absolute Gasteiger partial charge is 0.338 e. The van der Waals surface area contributed by atoms with E-state index in [1.54, 1.807) is 0 Å². The Morgan fingerprint density at radius 1 is 0.905 bits per heavy atom. The number of methoxy groups -OCH3 is 1. The quantitative estimate of drug-likeness (QED) is 0.639. The third kappa shape index (κ3) is 2.52. The van der Waals surface area contributed by atoms with Crippen molar-refractivity contribution in [1.29, 1.82) is 0 Å². The average Bonchev–Trinajstić information content (AvgIpc) is 2.53. The number of aryl methyl sites for hydroxylation is 1. The van der Waals surface area contributed by atoms with Crippen molar-refractivity contribution in [1.82, 2.24) is 0 Å². The van der Waals surface area contributed by atoms with Crippen molar-refractivity contribution in [3.8, 4) is 11.1 Å². The third-order valence-corrected chi connectivity index (χ3v) is 3.62. The maximum absolute atomic E-state index is 12.1. The highest BCUT2D eigenvalue weighted by Gasteiger charge is 2.12. The van der Waals surface area contributed by atoms with Crippen LogP contribution in [0.25, 0.3) is 21.9 Å². The number of ether oxygens (including phenoxy) is 1. The maximum atomic E-state index is 12.1. The molecule has 3 aromatic carbocycles. The lowest BCUT2D eigenvalue weighted by molar-refractivity contribution is 0.0603. The summed E-state index contributed by atoms with van der Waals surface area (Å²) in [5.41, 5.74) is 3.93. The molecule has 0 unspecified atom stereocenters. The van der Waals surface area contributed by atoms with Gasteiger partial charge >= 0.3 is 5.97 Å². The first-order valence-corrected chi connectivity index (χ1v) is 6.87. The van der Waals surface area contributed by atoms with Crippen LogP contribution >= 0.6 is 0 Å². The lowest BCUT2D eigenvalue weighted by Gasteiger charge is -2.10. The van der Waals surface area contributed by atoms with E-state index in [9.17, 15) is 4.79 Å². The molecule has 104 valence electrons. The van der Waals surface area contributed by atoms with E-state index in [0.29, 0.717) is 5.56 Å². The highest BCUT2D eigenvalue weighted by atomic mass is 16.5. The van der Waals surface area contributed by atoms with Gasteiger partial charge in [0.05, 0.1) is 12.7 Å². The van der Waals surface area contributed by atoms with Gasteiger partial charge < -0.3 is 4.74 Å². The number of rotatable bonds is 2. The first-order chi connectivity index (χ1) is 10.2. The number of carbonyl (C=O) groups is 1. The summed E-state index contributed by atoms with van der Waals surface area (Å²) in [4.78, 5) is 12.1. The van der Waals surface area contributed by atoms with Crippen LogP contribution in [-0.4, -0.2) is 13.1 Å². The molecule has 2 nitrogen and oxygen atoms in total. The minimum atomic E-state index is -0.305. The van der Waals surface area contributed by atoms with E-state index in [-0.39, 0.29) is 5.97 Å². The van der Waals surface area contributed by atoms with Gasteiger partial charge in [-0.1, -0.05) is 54.1 Å². The van der Waals surface area contributed by atoms with E-state index >= 15 is 0 Å². The lowest BCUT2D eigenvalue weighted by atomic mass is 9.96. The van der Waals surface area contributed by atoms with Crippen molar-refractivity contribution in [2.45, 2.75) is 6.92 Å². The monoisotopic (exact) mass is 276 g/mol. The zero-order chi connectivity index (χ0) is 14.8. The Bertz CT molecular complexity index is 819. The number of esters is 1. The van der Waals surface area contributed by atoms with Gasteiger partial charge in [-0.3, -0.25) is 0 Å². The van der Waals surface area contributed by atoms with E-state index in [2.05, 4.69) is 31.2 Å². The molecule has 0 saturated heterocycles. The van der Waals surface area contributed by atoms with Crippen molar-refractivity contribution in [2.24, 2.45) is 0 Å².